The molecule has 174 valence electrons. The fraction of sp³-hybridized carbons (Fsp3) is 0.240. The summed E-state index contributed by atoms with van der Waals surface area (Å²) < 4.78 is 6.00. The summed E-state index contributed by atoms with van der Waals surface area (Å²) in [7, 11) is 0. The van der Waals surface area contributed by atoms with Crippen LogP contribution in [0.3, 0.4) is 0 Å². The van der Waals surface area contributed by atoms with E-state index in [1.807, 2.05) is 23.1 Å². The smallest absolute Gasteiger partial charge is 0.267 e. The number of halogens is 3. The fourth-order valence-electron chi connectivity index (χ4n) is 4.15. The van der Waals surface area contributed by atoms with Crippen LogP contribution in [0.4, 0.5) is 5.69 Å². The molecule has 2 fully saturated rings. The minimum absolute atomic E-state index is 0.0665. The zero-order valence-electron chi connectivity index (χ0n) is 18.0. The number of hydrogen-bond acceptors (Lipinski definition) is 5. The average Bonchev–Trinajstić information content (AvgIpc) is 3.42. The normalized spacial score (nSPS) is 19.5. The number of pyridine rings is 1. The maximum Gasteiger partial charge on any atom is 0.267 e. The number of furan rings is 1. The van der Waals surface area contributed by atoms with Crippen molar-refractivity contribution in [2.45, 2.75) is 38.1 Å². The van der Waals surface area contributed by atoms with Crippen molar-refractivity contribution in [3.05, 3.63) is 74.5 Å². The van der Waals surface area contributed by atoms with Gasteiger partial charge in [0.25, 0.3) is 5.91 Å². The number of benzene rings is 1. The van der Waals surface area contributed by atoms with Gasteiger partial charge in [-0.1, -0.05) is 54.1 Å². The predicted octanol–water partition coefficient (Wildman–Crippen LogP) is 8.24. The van der Waals surface area contributed by atoms with Crippen LogP contribution in [0.15, 0.2) is 63.0 Å². The van der Waals surface area contributed by atoms with Crippen molar-refractivity contribution in [2.24, 2.45) is 4.99 Å². The van der Waals surface area contributed by atoms with Gasteiger partial charge >= 0.3 is 0 Å². The van der Waals surface area contributed by atoms with Crippen molar-refractivity contribution in [1.82, 2.24) is 9.88 Å². The van der Waals surface area contributed by atoms with Crippen LogP contribution in [0.2, 0.25) is 15.2 Å². The molecular weight excluding hydrogens is 513 g/mol. The molecule has 5 nitrogen and oxygen atoms in total. The van der Waals surface area contributed by atoms with Gasteiger partial charge in [0.15, 0.2) is 10.3 Å². The second kappa shape index (κ2) is 10.2. The summed E-state index contributed by atoms with van der Waals surface area (Å²) in [4.78, 5) is 24.7. The first-order valence-electron chi connectivity index (χ1n) is 11.0. The molecule has 2 aromatic heterocycles. The molecule has 1 aromatic carbocycles. The third kappa shape index (κ3) is 4.91. The van der Waals surface area contributed by atoms with E-state index in [0.717, 1.165) is 31.2 Å². The van der Waals surface area contributed by atoms with Crippen LogP contribution in [-0.2, 0) is 4.79 Å². The summed E-state index contributed by atoms with van der Waals surface area (Å²) in [6.45, 7) is 0. The number of amidine groups is 1. The van der Waals surface area contributed by atoms with Crippen molar-refractivity contribution in [3.8, 4) is 11.3 Å². The molecule has 3 aromatic rings. The molecule has 0 radical (unpaired) electrons. The van der Waals surface area contributed by atoms with Crippen molar-refractivity contribution in [3.63, 3.8) is 0 Å². The van der Waals surface area contributed by atoms with Gasteiger partial charge in [-0.2, -0.15) is 0 Å². The first kappa shape index (κ1) is 23.5. The first-order chi connectivity index (χ1) is 16.5. The van der Waals surface area contributed by atoms with Crippen LogP contribution in [0.25, 0.3) is 17.4 Å². The Labute approximate surface area is 216 Å². The number of thioether (sulfide) groups is 1. The molecule has 2 aliphatic rings. The third-order valence-corrected chi connectivity index (χ3v) is 7.85. The Hall–Kier alpha value is -2.25. The van der Waals surface area contributed by atoms with E-state index in [1.54, 1.807) is 36.5 Å². The molecule has 34 heavy (non-hydrogen) atoms. The molecule has 0 bridgehead atoms. The maximum atomic E-state index is 13.5. The summed E-state index contributed by atoms with van der Waals surface area (Å²) in [5, 5.41) is 1.86. The number of nitrogens with zero attached hydrogens (tertiary/aromatic N) is 3. The van der Waals surface area contributed by atoms with Crippen LogP contribution in [0.1, 0.15) is 37.9 Å². The zero-order valence-corrected chi connectivity index (χ0v) is 21.1. The number of rotatable bonds is 4. The van der Waals surface area contributed by atoms with Gasteiger partial charge in [-0.3, -0.25) is 9.69 Å². The van der Waals surface area contributed by atoms with E-state index in [1.165, 1.54) is 18.2 Å². The molecule has 1 saturated carbocycles. The van der Waals surface area contributed by atoms with Crippen molar-refractivity contribution in [2.75, 3.05) is 0 Å². The van der Waals surface area contributed by atoms with Crippen LogP contribution < -0.4 is 0 Å². The van der Waals surface area contributed by atoms with Gasteiger partial charge in [-0.05, 0) is 67.1 Å². The molecule has 1 aliphatic carbocycles. The monoisotopic (exact) mass is 531 g/mol. The lowest BCUT2D eigenvalue weighted by Crippen LogP contribution is -2.40. The van der Waals surface area contributed by atoms with Gasteiger partial charge in [-0.15, -0.1) is 0 Å². The van der Waals surface area contributed by atoms with E-state index in [0.29, 0.717) is 42.5 Å². The summed E-state index contributed by atoms with van der Waals surface area (Å²) in [6, 6.07) is 12.7. The molecular formula is C25H20Cl3N3O2S. The Morgan fingerprint density at radius 3 is 2.65 bits per heavy atom. The molecule has 0 N–H and O–H groups in total. The molecule has 0 unspecified atom stereocenters. The molecule has 3 heterocycles. The lowest BCUT2D eigenvalue weighted by Gasteiger charge is -2.30. The molecule has 1 aliphatic heterocycles. The largest absolute Gasteiger partial charge is 0.457 e. The lowest BCUT2D eigenvalue weighted by atomic mass is 9.94. The summed E-state index contributed by atoms with van der Waals surface area (Å²) in [6.07, 6.45) is 8.69. The highest BCUT2D eigenvalue weighted by Gasteiger charge is 2.39. The number of aromatic nitrogens is 1. The Morgan fingerprint density at radius 2 is 1.88 bits per heavy atom. The van der Waals surface area contributed by atoms with Gasteiger partial charge in [0.2, 0.25) is 0 Å². The molecule has 5 rings (SSSR count). The Bertz CT molecular complexity index is 1300. The number of amides is 1. The fourth-order valence-corrected chi connectivity index (χ4v) is 5.65. The molecule has 1 saturated heterocycles. The summed E-state index contributed by atoms with van der Waals surface area (Å²) in [5.74, 6) is 1.14. The highest BCUT2D eigenvalue weighted by molar-refractivity contribution is 8.18. The predicted molar refractivity (Wildman–Crippen MR) is 140 cm³/mol. The van der Waals surface area contributed by atoms with E-state index in [2.05, 4.69) is 4.98 Å². The minimum Gasteiger partial charge on any atom is -0.457 e. The van der Waals surface area contributed by atoms with E-state index >= 15 is 0 Å². The number of hydrogen-bond donors (Lipinski definition) is 0. The molecule has 9 heteroatoms. The first-order valence-corrected chi connectivity index (χ1v) is 12.9. The molecule has 1 amide bonds. The Morgan fingerprint density at radius 1 is 1.06 bits per heavy atom. The lowest BCUT2D eigenvalue weighted by molar-refractivity contribution is -0.124. The highest BCUT2D eigenvalue weighted by Crippen LogP contribution is 2.39. The van der Waals surface area contributed by atoms with Crippen molar-refractivity contribution in [1.29, 1.82) is 0 Å². The van der Waals surface area contributed by atoms with Gasteiger partial charge in [0, 0.05) is 23.9 Å². The van der Waals surface area contributed by atoms with Crippen LogP contribution in [0, 0.1) is 0 Å². The maximum absolute atomic E-state index is 13.5. The van der Waals surface area contributed by atoms with Crippen LogP contribution in [0.5, 0.6) is 0 Å². The minimum atomic E-state index is -0.0665. The highest BCUT2D eigenvalue weighted by atomic mass is 35.5. The summed E-state index contributed by atoms with van der Waals surface area (Å²) >= 11 is 19.7. The van der Waals surface area contributed by atoms with Gasteiger partial charge in [0.1, 0.15) is 17.2 Å². The third-order valence-electron chi connectivity index (χ3n) is 5.84. The molecule has 0 atom stereocenters. The van der Waals surface area contributed by atoms with Crippen LogP contribution in [-0.4, -0.2) is 27.0 Å². The second-order valence-corrected chi connectivity index (χ2v) is 10.3. The van der Waals surface area contributed by atoms with Crippen molar-refractivity contribution >= 4 is 69.4 Å². The van der Waals surface area contributed by atoms with Gasteiger partial charge < -0.3 is 4.42 Å². The number of aliphatic imine (C=N–C) groups is 1. The Kier molecular flexibility index (Phi) is 7.02. The number of carbonyl (C=O) groups is 1. The standard InChI is InChI=1S/C25H20Cl3N3O2S/c26-18-10-8-15(13-19(18)27)21-11-9-17(33-21)14-22-24(32)31(16-5-2-1-3-6-16)25(34-22)30-20-7-4-12-29-23(20)28/h4,7-14,16H,1-3,5-6H2/b22-14+,30-25?. The van der Waals surface area contributed by atoms with E-state index in [9.17, 15) is 4.79 Å². The van der Waals surface area contributed by atoms with E-state index in [-0.39, 0.29) is 11.9 Å². The second-order valence-electron chi connectivity index (χ2n) is 8.12. The quantitative estimate of drug-likeness (QED) is 0.251. The van der Waals surface area contributed by atoms with E-state index in [4.69, 9.17) is 44.2 Å². The zero-order chi connectivity index (χ0) is 23.7. The van der Waals surface area contributed by atoms with Crippen molar-refractivity contribution < 1.29 is 9.21 Å². The number of carbonyl (C=O) groups excluding carboxylic acids is 1. The molecule has 0 spiro atoms. The van der Waals surface area contributed by atoms with Gasteiger partial charge in [-0.25, -0.2) is 9.98 Å². The Balaban J connectivity index is 1.47. The van der Waals surface area contributed by atoms with Crippen LogP contribution >= 0.6 is 46.6 Å². The average molecular weight is 533 g/mol. The summed E-state index contributed by atoms with van der Waals surface area (Å²) in [5.41, 5.74) is 1.35. The topological polar surface area (TPSA) is 58.7 Å². The van der Waals surface area contributed by atoms with E-state index < -0.39 is 0 Å². The SMILES string of the molecule is O=C1/C(=C\c2ccc(-c3ccc(Cl)c(Cl)c3)o2)SC(=Nc2cccnc2Cl)N1C1CCCCC1. The van der Waals surface area contributed by atoms with Gasteiger partial charge in [0.05, 0.1) is 15.0 Å².